The fraction of sp³-hybridized carbons (Fsp3) is 0.105. The summed E-state index contributed by atoms with van der Waals surface area (Å²) in [5.74, 6) is -1.02. The number of carbonyl (C=O) groups excluding carboxylic acids is 1. The number of rotatable bonds is 3. The molecule has 0 atom stereocenters. The molecule has 0 saturated heterocycles. The second-order valence-corrected chi connectivity index (χ2v) is 5.47. The lowest BCUT2D eigenvalue weighted by Crippen LogP contribution is -2.07. The van der Waals surface area contributed by atoms with E-state index >= 15 is 0 Å². The molecule has 1 N–H and O–H groups in total. The van der Waals surface area contributed by atoms with Gasteiger partial charge in [0.2, 0.25) is 5.76 Å². The van der Waals surface area contributed by atoms with Crippen LogP contribution in [-0.4, -0.2) is 18.2 Å². The molecule has 1 aliphatic rings. The molecule has 0 saturated carbocycles. The van der Waals surface area contributed by atoms with Crippen LogP contribution in [0.1, 0.15) is 11.1 Å². The van der Waals surface area contributed by atoms with E-state index in [1.807, 2.05) is 0 Å². The normalized spacial score (nSPS) is 15.8. The molecule has 0 amide bonds. The smallest absolute Gasteiger partial charge is 0.417 e. The molecular weight excluding hydrogens is 349 g/mol. The summed E-state index contributed by atoms with van der Waals surface area (Å²) in [6.45, 7) is 0. The molecule has 3 rings (SSSR count). The first-order valence-electron chi connectivity index (χ1n) is 7.49. The molecule has 26 heavy (non-hydrogen) atoms. The topological polar surface area (TPSA) is 55.8 Å². The summed E-state index contributed by atoms with van der Waals surface area (Å²) in [5.41, 5.74) is 0.0519. The van der Waals surface area contributed by atoms with Crippen molar-refractivity contribution in [1.29, 1.82) is 0 Å². The highest BCUT2D eigenvalue weighted by molar-refractivity contribution is 5.91. The van der Waals surface area contributed by atoms with E-state index in [0.29, 0.717) is 5.56 Å². The van der Waals surface area contributed by atoms with Crippen molar-refractivity contribution in [2.24, 2.45) is 0 Å². The molecule has 0 bridgehead atoms. The lowest BCUT2D eigenvalue weighted by Gasteiger charge is -2.15. The molecule has 0 aromatic heterocycles. The maximum Gasteiger partial charge on any atom is 0.417 e. The Hall–Kier alpha value is -3.22. The molecule has 0 radical (unpaired) electrons. The van der Waals surface area contributed by atoms with Crippen LogP contribution < -0.4 is 4.74 Å². The number of aliphatic hydroxyl groups is 1. The van der Waals surface area contributed by atoms with E-state index in [9.17, 15) is 23.1 Å². The van der Waals surface area contributed by atoms with Gasteiger partial charge in [-0.15, -0.1) is 0 Å². The highest BCUT2D eigenvalue weighted by Gasteiger charge is 2.33. The third-order valence-electron chi connectivity index (χ3n) is 3.76. The first-order valence-corrected chi connectivity index (χ1v) is 7.49. The number of cyclic esters (lactones) is 1. The molecule has 1 aliphatic heterocycles. The lowest BCUT2D eigenvalue weighted by molar-refractivity contribution is -0.137. The van der Waals surface area contributed by atoms with Crippen LogP contribution in [0, 0.1) is 0 Å². The lowest BCUT2D eigenvalue weighted by atomic mass is 9.97. The first kappa shape index (κ1) is 17.6. The average molecular weight is 362 g/mol. The second kappa shape index (κ2) is 6.59. The van der Waals surface area contributed by atoms with Crippen LogP contribution >= 0.6 is 0 Å². The van der Waals surface area contributed by atoms with Gasteiger partial charge in [0.25, 0.3) is 0 Å². The number of ether oxygens (including phenoxy) is 2. The Labute approximate surface area is 146 Å². The summed E-state index contributed by atoms with van der Waals surface area (Å²) >= 11 is 0. The standard InChI is InChI=1S/C19H13F3O4/c1-25-17-9-11(8-12-10-16(23)18(24)26-12)6-7-14(17)13-4-2-3-5-15(13)19(20,21)22/h2-10,23H,1H3. The Morgan fingerprint density at radius 1 is 1.12 bits per heavy atom. The zero-order valence-corrected chi connectivity index (χ0v) is 13.5. The maximum absolute atomic E-state index is 13.3. The van der Waals surface area contributed by atoms with E-state index in [1.54, 1.807) is 6.07 Å². The van der Waals surface area contributed by atoms with Crippen LogP contribution in [0.3, 0.4) is 0 Å². The molecule has 0 spiro atoms. The third-order valence-corrected chi connectivity index (χ3v) is 3.76. The summed E-state index contributed by atoms with van der Waals surface area (Å²) in [6.07, 6.45) is -1.88. The molecule has 0 unspecified atom stereocenters. The number of halogens is 3. The number of hydrogen-bond acceptors (Lipinski definition) is 4. The van der Waals surface area contributed by atoms with Gasteiger partial charge in [-0.3, -0.25) is 0 Å². The van der Waals surface area contributed by atoms with Gasteiger partial charge >= 0.3 is 12.1 Å². The Kier molecular flexibility index (Phi) is 4.46. The molecule has 2 aromatic carbocycles. The summed E-state index contributed by atoms with van der Waals surface area (Å²) < 4.78 is 49.9. The monoisotopic (exact) mass is 362 g/mol. The van der Waals surface area contributed by atoms with Gasteiger partial charge < -0.3 is 14.6 Å². The molecule has 1 heterocycles. The number of hydrogen-bond donors (Lipinski definition) is 1. The Balaban J connectivity index is 2.05. The van der Waals surface area contributed by atoms with Crippen LogP contribution in [0.2, 0.25) is 0 Å². The zero-order valence-electron chi connectivity index (χ0n) is 13.5. The number of alkyl halides is 3. The van der Waals surface area contributed by atoms with Crippen LogP contribution in [-0.2, 0) is 15.7 Å². The van der Waals surface area contributed by atoms with Crippen molar-refractivity contribution >= 4 is 12.0 Å². The Morgan fingerprint density at radius 2 is 1.85 bits per heavy atom. The van der Waals surface area contributed by atoms with Gasteiger partial charge in [0.1, 0.15) is 11.5 Å². The van der Waals surface area contributed by atoms with Gasteiger partial charge in [0.05, 0.1) is 12.7 Å². The van der Waals surface area contributed by atoms with E-state index < -0.39 is 23.5 Å². The van der Waals surface area contributed by atoms with Crippen molar-refractivity contribution in [3.05, 3.63) is 71.2 Å². The minimum absolute atomic E-state index is 0.000822. The van der Waals surface area contributed by atoms with Crippen molar-refractivity contribution in [2.45, 2.75) is 6.18 Å². The van der Waals surface area contributed by atoms with E-state index in [0.717, 1.165) is 12.1 Å². The highest BCUT2D eigenvalue weighted by atomic mass is 19.4. The van der Waals surface area contributed by atoms with Crippen LogP contribution in [0.15, 0.2) is 60.1 Å². The average Bonchev–Trinajstić information content (AvgIpc) is 2.91. The van der Waals surface area contributed by atoms with Crippen LogP contribution in [0.25, 0.3) is 17.2 Å². The summed E-state index contributed by atoms with van der Waals surface area (Å²) in [5, 5.41) is 9.26. The molecule has 0 fully saturated rings. The van der Waals surface area contributed by atoms with Crippen LogP contribution in [0.5, 0.6) is 5.75 Å². The van der Waals surface area contributed by atoms with Crippen molar-refractivity contribution in [3.8, 4) is 16.9 Å². The Morgan fingerprint density at radius 3 is 2.46 bits per heavy atom. The number of aliphatic hydroxyl groups excluding tert-OH is 1. The van der Waals surface area contributed by atoms with E-state index in [-0.39, 0.29) is 22.6 Å². The van der Waals surface area contributed by atoms with Crippen molar-refractivity contribution < 1.29 is 32.5 Å². The quantitative estimate of drug-likeness (QED) is 0.803. The SMILES string of the molecule is COc1cc(C=C2C=C(O)C(=O)O2)ccc1-c1ccccc1C(F)(F)F. The highest BCUT2D eigenvalue weighted by Crippen LogP contribution is 2.40. The predicted molar refractivity (Wildman–Crippen MR) is 88.2 cm³/mol. The third kappa shape index (κ3) is 3.42. The molecule has 134 valence electrons. The Bertz CT molecular complexity index is 927. The van der Waals surface area contributed by atoms with Gasteiger partial charge in [0.15, 0.2) is 0 Å². The molecular formula is C19H13F3O4. The van der Waals surface area contributed by atoms with E-state index in [2.05, 4.69) is 0 Å². The minimum Gasteiger partial charge on any atom is -0.502 e. The predicted octanol–water partition coefficient (Wildman–Crippen LogP) is 4.72. The van der Waals surface area contributed by atoms with Gasteiger partial charge in [-0.25, -0.2) is 4.79 Å². The number of esters is 1. The second-order valence-electron chi connectivity index (χ2n) is 5.47. The summed E-state index contributed by atoms with van der Waals surface area (Å²) in [4.78, 5) is 11.2. The fourth-order valence-corrected chi connectivity index (χ4v) is 2.60. The van der Waals surface area contributed by atoms with E-state index in [1.165, 1.54) is 43.5 Å². The van der Waals surface area contributed by atoms with Gasteiger partial charge in [-0.2, -0.15) is 13.2 Å². The van der Waals surface area contributed by atoms with Gasteiger partial charge in [-0.1, -0.05) is 30.3 Å². The van der Waals surface area contributed by atoms with Crippen molar-refractivity contribution in [1.82, 2.24) is 0 Å². The molecule has 7 heteroatoms. The number of methoxy groups -OCH3 is 1. The van der Waals surface area contributed by atoms with Crippen molar-refractivity contribution in [3.63, 3.8) is 0 Å². The zero-order chi connectivity index (χ0) is 18.9. The summed E-state index contributed by atoms with van der Waals surface area (Å²) in [6, 6.07) is 9.81. The van der Waals surface area contributed by atoms with Gasteiger partial charge in [-0.05, 0) is 29.3 Å². The van der Waals surface area contributed by atoms with Crippen molar-refractivity contribution in [2.75, 3.05) is 7.11 Å². The molecule has 2 aromatic rings. The first-order chi connectivity index (χ1) is 12.3. The minimum atomic E-state index is -4.50. The van der Waals surface area contributed by atoms with Gasteiger partial charge in [0, 0.05) is 11.6 Å². The largest absolute Gasteiger partial charge is 0.502 e. The fourth-order valence-electron chi connectivity index (χ4n) is 2.60. The van der Waals surface area contributed by atoms with E-state index in [4.69, 9.17) is 9.47 Å². The van der Waals surface area contributed by atoms with Crippen LogP contribution in [0.4, 0.5) is 13.2 Å². The molecule has 4 nitrogen and oxygen atoms in total. The summed E-state index contributed by atoms with van der Waals surface area (Å²) in [7, 11) is 1.35. The maximum atomic E-state index is 13.3. The number of benzene rings is 2. The number of carbonyl (C=O) groups is 1. The molecule has 0 aliphatic carbocycles. The number of allylic oxidation sites excluding steroid dienone is 1.